The predicted octanol–water partition coefficient (Wildman–Crippen LogP) is 5.84. The summed E-state index contributed by atoms with van der Waals surface area (Å²) in [6.07, 6.45) is 0.509. The van der Waals surface area contributed by atoms with Crippen LogP contribution in [-0.4, -0.2) is 16.8 Å². The first-order valence-electron chi connectivity index (χ1n) is 9.85. The van der Waals surface area contributed by atoms with E-state index in [4.69, 9.17) is 0 Å². The van der Waals surface area contributed by atoms with E-state index in [0.717, 1.165) is 27.7 Å². The topological polar surface area (TPSA) is 68.3 Å². The summed E-state index contributed by atoms with van der Waals surface area (Å²) in [6.45, 7) is 0. The number of benzene rings is 4. The molecule has 0 aliphatic carbocycles. The summed E-state index contributed by atoms with van der Waals surface area (Å²) in [5, 5.41) is 0. The number of rotatable bonds is 6. The van der Waals surface area contributed by atoms with Crippen LogP contribution in [0.25, 0.3) is 0 Å². The molecular formula is C25H18BrFO4S2. The molecule has 0 radical (unpaired) electrons. The number of hydrogen-bond donors (Lipinski definition) is 0. The van der Waals surface area contributed by atoms with Gasteiger partial charge in [0.2, 0.25) is 19.7 Å². The van der Waals surface area contributed by atoms with E-state index < -0.39 is 25.5 Å². The van der Waals surface area contributed by atoms with E-state index in [1.54, 1.807) is 60.7 Å². The molecule has 0 saturated carbocycles. The average molecular weight is 545 g/mol. The minimum Gasteiger partial charge on any atom is -0.219 e. The van der Waals surface area contributed by atoms with E-state index in [1.165, 1.54) is 24.3 Å². The molecule has 0 amide bonds. The summed E-state index contributed by atoms with van der Waals surface area (Å²) in [5.41, 5.74) is 1.76. The molecular weight excluding hydrogens is 527 g/mol. The summed E-state index contributed by atoms with van der Waals surface area (Å²) >= 11 is 3.30. The SMILES string of the molecule is O=S(=O)(c1ccc(F)cc1)c1ccc(Cc2ccc(S(=O)(=O)c3ccc(Br)cc3)cc2)cc1. The van der Waals surface area contributed by atoms with Crippen LogP contribution < -0.4 is 0 Å². The van der Waals surface area contributed by atoms with E-state index >= 15 is 0 Å². The maximum Gasteiger partial charge on any atom is 0.206 e. The molecule has 0 heterocycles. The molecule has 0 aliphatic heterocycles. The van der Waals surface area contributed by atoms with Crippen molar-refractivity contribution in [3.63, 3.8) is 0 Å². The second kappa shape index (κ2) is 9.21. The Labute approximate surface area is 200 Å². The normalized spacial score (nSPS) is 11.9. The summed E-state index contributed by atoms with van der Waals surface area (Å²) < 4.78 is 64.9. The molecule has 4 aromatic carbocycles. The fraction of sp³-hybridized carbons (Fsp3) is 0.0400. The third-order valence-electron chi connectivity index (χ3n) is 5.12. The third-order valence-corrected chi connectivity index (χ3v) is 9.22. The van der Waals surface area contributed by atoms with Gasteiger partial charge < -0.3 is 0 Å². The van der Waals surface area contributed by atoms with Gasteiger partial charge in [-0.05, 0) is 90.3 Å². The molecule has 0 N–H and O–H groups in total. The third kappa shape index (κ3) is 5.08. The summed E-state index contributed by atoms with van der Waals surface area (Å²) in [5.74, 6) is -0.500. The Bertz CT molecular complexity index is 1360. The Hall–Kier alpha value is -2.81. The molecule has 0 saturated heterocycles. The van der Waals surface area contributed by atoms with Gasteiger partial charge in [0.25, 0.3) is 0 Å². The van der Waals surface area contributed by atoms with Gasteiger partial charge in [-0.25, -0.2) is 21.2 Å². The Morgan fingerprint density at radius 1 is 0.515 bits per heavy atom. The van der Waals surface area contributed by atoms with Gasteiger partial charge in [-0.1, -0.05) is 40.2 Å². The maximum atomic E-state index is 13.1. The molecule has 8 heteroatoms. The fourth-order valence-corrected chi connectivity index (χ4v) is 6.09. The van der Waals surface area contributed by atoms with Crippen LogP contribution in [0.15, 0.2) is 121 Å². The van der Waals surface area contributed by atoms with E-state index in [1.807, 2.05) is 0 Å². The zero-order valence-electron chi connectivity index (χ0n) is 17.2. The standard InChI is InChI=1S/C25H18BrFO4S2/c26-20-5-13-24(14-6-20)32(28,29)22-9-1-18(2-10-22)17-19-3-11-23(12-4-19)33(30,31)25-15-7-21(27)8-16-25/h1-16H,17H2. The van der Waals surface area contributed by atoms with Crippen molar-refractivity contribution in [2.45, 2.75) is 26.0 Å². The van der Waals surface area contributed by atoms with Gasteiger partial charge in [-0.15, -0.1) is 0 Å². The molecule has 0 aliphatic rings. The molecule has 4 rings (SSSR count). The molecule has 0 bridgehead atoms. The Morgan fingerprint density at radius 2 is 0.818 bits per heavy atom. The van der Waals surface area contributed by atoms with E-state index in [2.05, 4.69) is 15.9 Å². The maximum absolute atomic E-state index is 13.1. The molecule has 0 spiro atoms. The van der Waals surface area contributed by atoms with Crippen LogP contribution in [0, 0.1) is 5.82 Å². The largest absolute Gasteiger partial charge is 0.219 e. The van der Waals surface area contributed by atoms with E-state index in [0.29, 0.717) is 6.42 Å². The quantitative estimate of drug-likeness (QED) is 0.286. The molecule has 0 atom stereocenters. The highest BCUT2D eigenvalue weighted by atomic mass is 79.9. The smallest absolute Gasteiger partial charge is 0.206 e. The van der Waals surface area contributed by atoms with Gasteiger partial charge in [0.05, 0.1) is 19.6 Å². The molecule has 168 valence electrons. The molecule has 0 fully saturated rings. The van der Waals surface area contributed by atoms with Gasteiger partial charge in [-0.3, -0.25) is 0 Å². The molecule has 0 aromatic heterocycles. The van der Waals surface area contributed by atoms with Gasteiger partial charge in [-0.2, -0.15) is 0 Å². The van der Waals surface area contributed by atoms with Crippen molar-refractivity contribution in [3.8, 4) is 0 Å². The van der Waals surface area contributed by atoms with Gasteiger partial charge >= 0.3 is 0 Å². The minimum absolute atomic E-state index is 0.0271. The van der Waals surface area contributed by atoms with Crippen molar-refractivity contribution in [3.05, 3.63) is 118 Å². The van der Waals surface area contributed by atoms with Crippen molar-refractivity contribution >= 4 is 35.6 Å². The van der Waals surface area contributed by atoms with Crippen LogP contribution in [0.4, 0.5) is 4.39 Å². The van der Waals surface area contributed by atoms with Gasteiger partial charge in [0.15, 0.2) is 0 Å². The van der Waals surface area contributed by atoms with Crippen LogP contribution in [0.1, 0.15) is 11.1 Å². The monoisotopic (exact) mass is 544 g/mol. The second-order valence-corrected chi connectivity index (χ2v) is 12.2. The lowest BCUT2D eigenvalue weighted by atomic mass is 10.1. The lowest BCUT2D eigenvalue weighted by molar-refractivity contribution is 0.593. The van der Waals surface area contributed by atoms with Gasteiger partial charge in [0, 0.05) is 4.47 Å². The van der Waals surface area contributed by atoms with Crippen molar-refractivity contribution < 1.29 is 21.2 Å². The highest BCUT2D eigenvalue weighted by molar-refractivity contribution is 9.10. The van der Waals surface area contributed by atoms with E-state index in [-0.39, 0.29) is 19.6 Å². The van der Waals surface area contributed by atoms with Crippen LogP contribution in [0.5, 0.6) is 0 Å². The number of hydrogen-bond acceptors (Lipinski definition) is 4. The Morgan fingerprint density at radius 3 is 1.18 bits per heavy atom. The summed E-state index contributed by atoms with van der Waals surface area (Å²) in [7, 11) is -7.34. The van der Waals surface area contributed by atoms with Crippen molar-refractivity contribution in [1.82, 2.24) is 0 Å². The summed E-state index contributed by atoms with van der Waals surface area (Å²) in [6, 6.07) is 24.2. The highest BCUT2D eigenvalue weighted by Crippen LogP contribution is 2.25. The van der Waals surface area contributed by atoms with Crippen LogP contribution >= 0.6 is 15.9 Å². The second-order valence-electron chi connectivity index (χ2n) is 7.38. The Kier molecular flexibility index (Phi) is 6.52. The van der Waals surface area contributed by atoms with Gasteiger partial charge in [0.1, 0.15) is 5.82 Å². The van der Waals surface area contributed by atoms with E-state index in [9.17, 15) is 21.2 Å². The lowest BCUT2D eigenvalue weighted by Crippen LogP contribution is -2.03. The van der Waals surface area contributed by atoms with Crippen LogP contribution in [-0.2, 0) is 26.1 Å². The van der Waals surface area contributed by atoms with Crippen molar-refractivity contribution in [2.24, 2.45) is 0 Å². The van der Waals surface area contributed by atoms with Crippen molar-refractivity contribution in [1.29, 1.82) is 0 Å². The van der Waals surface area contributed by atoms with Crippen LogP contribution in [0.3, 0.4) is 0 Å². The molecule has 4 aromatic rings. The molecule has 33 heavy (non-hydrogen) atoms. The lowest BCUT2D eigenvalue weighted by Gasteiger charge is -2.08. The minimum atomic E-state index is -3.73. The molecule has 0 unspecified atom stereocenters. The average Bonchev–Trinajstić information content (AvgIpc) is 2.80. The highest BCUT2D eigenvalue weighted by Gasteiger charge is 2.19. The zero-order chi connectivity index (χ0) is 23.6. The number of halogens is 2. The zero-order valence-corrected chi connectivity index (χ0v) is 20.4. The Balaban J connectivity index is 1.51. The predicted molar refractivity (Wildman–Crippen MR) is 127 cm³/mol. The number of sulfone groups is 2. The first-order valence-corrected chi connectivity index (χ1v) is 13.6. The first kappa shape index (κ1) is 23.4. The van der Waals surface area contributed by atoms with Crippen molar-refractivity contribution in [2.75, 3.05) is 0 Å². The van der Waals surface area contributed by atoms with Crippen LogP contribution in [0.2, 0.25) is 0 Å². The first-order chi connectivity index (χ1) is 15.7. The summed E-state index contributed by atoms with van der Waals surface area (Å²) in [4.78, 5) is 0.568. The molecule has 4 nitrogen and oxygen atoms in total. The fourth-order valence-electron chi connectivity index (χ4n) is 3.31.